The smallest absolute Gasteiger partial charge is 0.128 e. The summed E-state index contributed by atoms with van der Waals surface area (Å²) in [6, 6.07) is 2.14. The van der Waals surface area contributed by atoms with Crippen LogP contribution in [0.4, 0.5) is 5.82 Å². The zero-order chi connectivity index (χ0) is 9.97. The highest BCUT2D eigenvalue weighted by atomic mass is 79.9. The first-order valence-electron chi connectivity index (χ1n) is 4.49. The highest BCUT2D eigenvalue weighted by molar-refractivity contribution is 9.10. The van der Waals surface area contributed by atoms with E-state index in [0.717, 1.165) is 23.2 Å². The second-order valence-corrected chi connectivity index (χ2v) is 4.13. The van der Waals surface area contributed by atoms with Crippen molar-refractivity contribution in [1.82, 2.24) is 10.3 Å². The first-order chi connectivity index (χ1) is 6.77. The molecule has 0 spiro atoms. The van der Waals surface area contributed by atoms with Gasteiger partial charge in [-0.05, 0) is 22.0 Å². The van der Waals surface area contributed by atoms with Gasteiger partial charge < -0.3 is 15.8 Å². The molecule has 0 amide bonds. The molecule has 1 fully saturated rings. The van der Waals surface area contributed by atoms with Crippen LogP contribution in [-0.4, -0.2) is 24.7 Å². The van der Waals surface area contributed by atoms with Gasteiger partial charge in [0.15, 0.2) is 0 Å². The summed E-state index contributed by atoms with van der Waals surface area (Å²) in [5, 5.41) is 3.34. The van der Waals surface area contributed by atoms with E-state index in [1.54, 1.807) is 6.20 Å². The van der Waals surface area contributed by atoms with Crippen LogP contribution in [0.5, 0.6) is 0 Å². The van der Waals surface area contributed by atoms with Crippen LogP contribution >= 0.6 is 15.9 Å². The quantitative estimate of drug-likeness (QED) is 0.791. The number of morpholine rings is 1. The summed E-state index contributed by atoms with van der Waals surface area (Å²) in [6.07, 6.45) is 1.70. The molecule has 1 aliphatic rings. The van der Waals surface area contributed by atoms with E-state index in [-0.39, 0.29) is 6.04 Å². The van der Waals surface area contributed by atoms with Crippen molar-refractivity contribution in [2.45, 2.75) is 6.04 Å². The zero-order valence-electron chi connectivity index (χ0n) is 7.66. The van der Waals surface area contributed by atoms with Crippen LogP contribution in [0.15, 0.2) is 16.7 Å². The van der Waals surface area contributed by atoms with E-state index in [2.05, 4.69) is 26.2 Å². The number of nitrogens with one attached hydrogen (secondary N) is 1. The summed E-state index contributed by atoms with van der Waals surface area (Å²) in [6.45, 7) is 2.27. The van der Waals surface area contributed by atoms with Crippen LogP contribution < -0.4 is 11.1 Å². The zero-order valence-corrected chi connectivity index (χ0v) is 9.25. The number of nitrogen functional groups attached to an aromatic ring is 1. The molecule has 1 aromatic rings. The Bertz CT molecular complexity index is 326. The number of rotatable bonds is 1. The SMILES string of the molecule is Nc1ncc(Br)cc1[C@@H]1COCCN1. The molecule has 1 saturated heterocycles. The molecule has 0 aliphatic carbocycles. The molecule has 4 nitrogen and oxygen atoms in total. The Morgan fingerprint density at radius 1 is 1.64 bits per heavy atom. The van der Waals surface area contributed by atoms with Gasteiger partial charge in [-0.25, -0.2) is 4.98 Å². The Labute approximate surface area is 91.0 Å². The fourth-order valence-electron chi connectivity index (χ4n) is 1.51. The average molecular weight is 258 g/mol. The number of nitrogens with zero attached hydrogens (tertiary/aromatic N) is 1. The van der Waals surface area contributed by atoms with E-state index in [0.29, 0.717) is 12.4 Å². The van der Waals surface area contributed by atoms with Crippen molar-refractivity contribution < 1.29 is 4.74 Å². The van der Waals surface area contributed by atoms with Gasteiger partial charge in [-0.15, -0.1) is 0 Å². The highest BCUT2D eigenvalue weighted by Gasteiger charge is 2.18. The maximum absolute atomic E-state index is 5.79. The first-order valence-corrected chi connectivity index (χ1v) is 5.28. The van der Waals surface area contributed by atoms with E-state index in [9.17, 15) is 0 Å². The van der Waals surface area contributed by atoms with Crippen molar-refractivity contribution in [3.63, 3.8) is 0 Å². The maximum atomic E-state index is 5.79. The molecule has 3 N–H and O–H groups in total. The van der Waals surface area contributed by atoms with Gasteiger partial charge in [-0.2, -0.15) is 0 Å². The third-order valence-electron chi connectivity index (χ3n) is 2.21. The van der Waals surface area contributed by atoms with Crippen LogP contribution in [0.1, 0.15) is 11.6 Å². The molecule has 14 heavy (non-hydrogen) atoms. The molecule has 0 saturated carbocycles. The average Bonchev–Trinajstić information content (AvgIpc) is 2.23. The van der Waals surface area contributed by atoms with Crippen molar-refractivity contribution in [3.8, 4) is 0 Å². The molecular formula is C9H12BrN3O. The van der Waals surface area contributed by atoms with Crippen molar-refractivity contribution in [2.24, 2.45) is 0 Å². The third kappa shape index (κ3) is 2.05. The van der Waals surface area contributed by atoms with Crippen LogP contribution in [0.25, 0.3) is 0 Å². The Balaban J connectivity index is 2.24. The normalized spacial score (nSPS) is 22.2. The fraction of sp³-hybridized carbons (Fsp3) is 0.444. The molecule has 0 radical (unpaired) electrons. The molecule has 0 aromatic carbocycles. The summed E-state index contributed by atoms with van der Waals surface area (Å²) in [4.78, 5) is 4.09. The van der Waals surface area contributed by atoms with Crippen LogP contribution in [-0.2, 0) is 4.74 Å². The minimum atomic E-state index is 0.161. The number of halogens is 1. The van der Waals surface area contributed by atoms with Gasteiger partial charge in [0.05, 0.1) is 19.3 Å². The van der Waals surface area contributed by atoms with E-state index >= 15 is 0 Å². The molecule has 5 heteroatoms. The molecule has 2 heterocycles. The summed E-state index contributed by atoms with van der Waals surface area (Å²) in [7, 11) is 0. The Hall–Kier alpha value is -0.650. The molecule has 76 valence electrons. The number of anilines is 1. The highest BCUT2D eigenvalue weighted by Crippen LogP contribution is 2.23. The standard InChI is InChI=1S/C9H12BrN3O/c10-6-3-7(9(11)13-4-6)8-5-14-2-1-12-8/h3-4,8,12H,1-2,5H2,(H2,11,13)/t8-/m0/s1. The molecule has 1 atom stereocenters. The number of nitrogens with two attached hydrogens (primary N) is 1. The minimum absolute atomic E-state index is 0.161. The van der Waals surface area contributed by atoms with Crippen molar-refractivity contribution in [2.75, 3.05) is 25.5 Å². The molecule has 2 rings (SSSR count). The first kappa shape index (κ1) is 9.89. The van der Waals surface area contributed by atoms with Crippen LogP contribution in [0, 0.1) is 0 Å². The van der Waals surface area contributed by atoms with Crippen molar-refractivity contribution in [1.29, 1.82) is 0 Å². The van der Waals surface area contributed by atoms with Gasteiger partial charge in [0, 0.05) is 22.8 Å². The van der Waals surface area contributed by atoms with Gasteiger partial charge in [0.25, 0.3) is 0 Å². The number of ether oxygens (including phenoxy) is 1. The summed E-state index contributed by atoms with van der Waals surface area (Å²) < 4.78 is 6.31. The largest absolute Gasteiger partial charge is 0.383 e. The lowest BCUT2D eigenvalue weighted by molar-refractivity contribution is 0.0770. The topological polar surface area (TPSA) is 60.2 Å². The summed E-state index contributed by atoms with van der Waals surface area (Å²) >= 11 is 3.38. The lowest BCUT2D eigenvalue weighted by Gasteiger charge is -2.24. The second kappa shape index (κ2) is 4.25. The minimum Gasteiger partial charge on any atom is -0.383 e. The van der Waals surface area contributed by atoms with E-state index in [1.807, 2.05) is 6.07 Å². The van der Waals surface area contributed by atoms with Crippen LogP contribution in [0.3, 0.4) is 0 Å². The van der Waals surface area contributed by atoms with E-state index in [1.165, 1.54) is 0 Å². The maximum Gasteiger partial charge on any atom is 0.128 e. The van der Waals surface area contributed by atoms with Gasteiger partial charge >= 0.3 is 0 Å². The fourth-order valence-corrected chi connectivity index (χ4v) is 1.86. The van der Waals surface area contributed by atoms with E-state index in [4.69, 9.17) is 10.5 Å². The molecule has 0 bridgehead atoms. The lowest BCUT2D eigenvalue weighted by atomic mass is 10.1. The molecular weight excluding hydrogens is 246 g/mol. The van der Waals surface area contributed by atoms with Gasteiger partial charge in [-0.1, -0.05) is 0 Å². The third-order valence-corrected chi connectivity index (χ3v) is 2.65. The summed E-state index contributed by atoms with van der Waals surface area (Å²) in [5.41, 5.74) is 6.79. The number of pyridine rings is 1. The predicted octanol–water partition coefficient (Wildman–Crippen LogP) is 1.09. The van der Waals surface area contributed by atoms with Gasteiger partial charge in [0.1, 0.15) is 5.82 Å². The van der Waals surface area contributed by atoms with E-state index < -0.39 is 0 Å². The van der Waals surface area contributed by atoms with Crippen molar-refractivity contribution in [3.05, 3.63) is 22.3 Å². The lowest BCUT2D eigenvalue weighted by Crippen LogP contribution is -2.35. The number of hydrogen-bond acceptors (Lipinski definition) is 4. The number of hydrogen-bond donors (Lipinski definition) is 2. The van der Waals surface area contributed by atoms with Gasteiger partial charge in [0.2, 0.25) is 0 Å². The Morgan fingerprint density at radius 2 is 2.50 bits per heavy atom. The second-order valence-electron chi connectivity index (χ2n) is 3.21. The number of aromatic nitrogens is 1. The molecule has 1 aromatic heterocycles. The van der Waals surface area contributed by atoms with Crippen LogP contribution in [0.2, 0.25) is 0 Å². The molecule has 0 unspecified atom stereocenters. The van der Waals surface area contributed by atoms with Gasteiger partial charge in [-0.3, -0.25) is 0 Å². The summed E-state index contributed by atoms with van der Waals surface area (Å²) in [5.74, 6) is 0.566. The Morgan fingerprint density at radius 3 is 3.21 bits per heavy atom. The Kier molecular flexibility index (Phi) is 3.00. The monoisotopic (exact) mass is 257 g/mol. The van der Waals surface area contributed by atoms with Crippen molar-refractivity contribution >= 4 is 21.7 Å². The predicted molar refractivity (Wildman–Crippen MR) is 57.9 cm³/mol. The molecule has 1 aliphatic heterocycles.